The summed E-state index contributed by atoms with van der Waals surface area (Å²) in [6, 6.07) is 9.99. The Morgan fingerprint density at radius 3 is 2.61 bits per heavy atom. The van der Waals surface area contributed by atoms with Crippen LogP contribution in [0.5, 0.6) is 0 Å². The van der Waals surface area contributed by atoms with Crippen LogP contribution < -0.4 is 5.32 Å². The molecule has 0 atom stereocenters. The molecule has 1 amide bonds. The zero-order valence-corrected chi connectivity index (χ0v) is 10.6. The van der Waals surface area contributed by atoms with Crippen molar-refractivity contribution in [1.29, 1.82) is 0 Å². The molecule has 1 aliphatic heterocycles. The fourth-order valence-electron chi connectivity index (χ4n) is 1.96. The number of nitrogens with one attached hydrogen (secondary N) is 1. The third-order valence-electron chi connectivity index (χ3n) is 2.94. The van der Waals surface area contributed by atoms with Crippen molar-refractivity contribution in [2.24, 2.45) is 0 Å². The first-order chi connectivity index (χ1) is 8.63. The molecule has 0 aliphatic carbocycles. The molecule has 1 aromatic carbocycles. The van der Waals surface area contributed by atoms with Crippen LogP contribution in [0.4, 0.5) is 5.00 Å². The average Bonchev–Trinajstić information content (AvgIpc) is 2.74. The summed E-state index contributed by atoms with van der Waals surface area (Å²) >= 11 is 1.45. The molecule has 0 unspecified atom stereocenters. The Labute approximate surface area is 108 Å². The lowest BCUT2D eigenvalue weighted by Crippen LogP contribution is -2.22. The predicted octanol–water partition coefficient (Wildman–Crippen LogP) is 3.25. The van der Waals surface area contributed by atoms with E-state index < -0.39 is 0 Å². The van der Waals surface area contributed by atoms with Gasteiger partial charge in [0, 0.05) is 4.88 Å². The number of ketones is 1. The van der Waals surface area contributed by atoms with E-state index in [9.17, 15) is 9.59 Å². The molecule has 90 valence electrons. The summed E-state index contributed by atoms with van der Waals surface area (Å²) in [6.45, 7) is 2.03. The molecular weight excluding hydrogens is 246 g/mol. The van der Waals surface area contributed by atoms with Gasteiger partial charge in [-0.1, -0.05) is 29.8 Å². The third-order valence-corrected chi connectivity index (χ3v) is 4.04. The minimum Gasteiger partial charge on any atom is -0.317 e. The molecule has 0 radical (unpaired) electrons. The highest BCUT2D eigenvalue weighted by molar-refractivity contribution is 7.20. The molecule has 2 aromatic rings. The summed E-state index contributed by atoms with van der Waals surface area (Å²) in [5.74, 6) is -0.312. The Bertz CT molecular complexity index is 640. The van der Waals surface area contributed by atoms with Crippen LogP contribution in [0.3, 0.4) is 0 Å². The zero-order chi connectivity index (χ0) is 12.7. The number of amides is 1. The van der Waals surface area contributed by atoms with Crippen LogP contribution in [0, 0.1) is 6.92 Å². The summed E-state index contributed by atoms with van der Waals surface area (Å²) in [5, 5.41) is 3.42. The second kappa shape index (κ2) is 4.07. The second-order valence-electron chi connectivity index (χ2n) is 4.37. The summed E-state index contributed by atoms with van der Waals surface area (Å²) in [5.41, 5.74) is 2.90. The van der Waals surface area contributed by atoms with Crippen LogP contribution in [-0.2, 0) is 4.79 Å². The van der Waals surface area contributed by atoms with Gasteiger partial charge in [0.2, 0.25) is 5.91 Å². The van der Waals surface area contributed by atoms with Crippen LogP contribution >= 0.6 is 11.3 Å². The van der Waals surface area contributed by atoms with E-state index in [1.807, 2.05) is 37.3 Å². The van der Waals surface area contributed by atoms with Gasteiger partial charge in [-0.15, -0.1) is 11.3 Å². The highest BCUT2D eigenvalue weighted by atomic mass is 32.1. The van der Waals surface area contributed by atoms with Crippen LogP contribution in [0.15, 0.2) is 30.3 Å². The maximum atomic E-state index is 11.7. The molecule has 0 fully saturated rings. The first-order valence-electron chi connectivity index (χ1n) is 5.67. The molecule has 1 aliphatic rings. The molecule has 2 heterocycles. The van der Waals surface area contributed by atoms with Crippen LogP contribution in [0.1, 0.15) is 22.3 Å². The van der Waals surface area contributed by atoms with Crippen molar-refractivity contribution in [3.05, 3.63) is 41.5 Å². The minimum absolute atomic E-state index is 0.0446. The van der Waals surface area contributed by atoms with Gasteiger partial charge in [0.25, 0.3) is 0 Å². The first-order valence-corrected chi connectivity index (χ1v) is 6.49. The quantitative estimate of drug-likeness (QED) is 0.797. The Morgan fingerprint density at radius 2 is 1.89 bits per heavy atom. The molecule has 1 N–H and O–H groups in total. The van der Waals surface area contributed by atoms with Gasteiger partial charge in [0.05, 0.1) is 12.0 Å². The number of fused-ring (bicyclic) bond motifs is 1. The standard InChI is InChI=1S/C14H11NO2S/c1-8-2-4-9(5-3-8)12-6-10-11(16)7-13(17)15-14(10)18-12/h2-6H,7H2,1H3,(H,15,17). The number of anilines is 1. The largest absolute Gasteiger partial charge is 0.317 e. The van der Waals surface area contributed by atoms with Crippen LogP contribution in [0.2, 0.25) is 0 Å². The number of aryl methyl sites for hydroxylation is 1. The Morgan fingerprint density at radius 1 is 1.17 bits per heavy atom. The second-order valence-corrected chi connectivity index (χ2v) is 5.42. The third kappa shape index (κ3) is 1.84. The number of hydrogen-bond acceptors (Lipinski definition) is 3. The van der Waals surface area contributed by atoms with Gasteiger partial charge in [-0.3, -0.25) is 9.59 Å². The number of thiophene rings is 1. The van der Waals surface area contributed by atoms with Crippen molar-refractivity contribution in [3.8, 4) is 10.4 Å². The fraction of sp³-hybridized carbons (Fsp3) is 0.143. The lowest BCUT2D eigenvalue weighted by Gasteiger charge is -2.09. The number of Topliss-reactive ketones (excluding diaryl/α,β-unsaturated/α-hetero) is 1. The van der Waals surface area contributed by atoms with Crippen molar-refractivity contribution in [1.82, 2.24) is 0 Å². The number of hydrogen-bond donors (Lipinski definition) is 1. The lowest BCUT2D eigenvalue weighted by molar-refractivity contribution is -0.115. The highest BCUT2D eigenvalue weighted by Crippen LogP contribution is 2.37. The maximum absolute atomic E-state index is 11.7. The lowest BCUT2D eigenvalue weighted by atomic mass is 10.1. The van der Waals surface area contributed by atoms with Crippen molar-refractivity contribution < 1.29 is 9.59 Å². The molecule has 3 rings (SSSR count). The first kappa shape index (κ1) is 11.2. The number of rotatable bonds is 1. The van der Waals surface area contributed by atoms with Gasteiger partial charge in [0.15, 0.2) is 5.78 Å². The van der Waals surface area contributed by atoms with E-state index >= 15 is 0 Å². The van der Waals surface area contributed by atoms with Gasteiger partial charge in [0.1, 0.15) is 5.00 Å². The van der Waals surface area contributed by atoms with E-state index in [0.29, 0.717) is 10.6 Å². The van der Waals surface area contributed by atoms with Gasteiger partial charge < -0.3 is 5.32 Å². The number of carbonyl (C=O) groups is 2. The van der Waals surface area contributed by atoms with E-state index in [2.05, 4.69) is 5.32 Å². The molecule has 18 heavy (non-hydrogen) atoms. The topological polar surface area (TPSA) is 46.2 Å². The average molecular weight is 257 g/mol. The molecule has 0 bridgehead atoms. The van der Waals surface area contributed by atoms with E-state index in [0.717, 1.165) is 10.4 Å². The fourth-order valence-corrected chi connectivity index (χ4v) is 3.06. The zero-order valence-electron chi connectivity index (χ0n) is 9.82. The van der Waals surface area contributed by atoms with Crippen molar-refractivity contribution in [3.63, 3.8) is 0 Å². The Kier molecular flexibility index (Phi) is 2.52. The predicted molar refractivity (Wildman–Crippen MR) is 72.1 cm³/mol. The van der Waals surface area contributed by atoms with E-state index in [1.165, 1.54) is 16.9 Å². The summed E-state index contributed by atoms with van der Waals surface area (Å²) in [6.07, 6.45) is -0.0446. The molecule has 0 saturated carbocycles. The van der Waals surface area contributed by atoms with Crippen molar-refractivity contribution >= 4 is 28.0 Å². The van der Waals surface area contributed by atoms with Gasteiger partial charge in [-0.2, -0.15) is 0 Å². The van der Waals surface area contributed by atoms with Gasteiger partial charge >= 0.3 is 0 Å². The molecular formula is C14H11NO2S. The maximum Gasteiger partial charge on any atom is 0.232 e. The summed E-state index contributed by atoms with van der Waals surface area (Å²) in [7, 11) is 0. The molecule has 3 nitrogen and oxygen atoms in total. The molecule has 0 spiro atoms. The molecule has 4 heteroatoms. The Balaban J connectivity index is 2.05. The monoisotopic (exact) mass is 257 g/mol. The van der Waals surface area contributed by atoms with Crippen molar-refractivity contribution in [2.45, 2.75) is 13.3 Å². The summed E-state index contributed by atoms with van der Waals surface area (Å²) < 4.78 is 0. The normalized spacial score (nSPS) is 14.3. The van der Waals surface area contributed by atoms with Crippen LogP contribution in [0.25, 0.3) is 10.4 Å². The van der Waals surface area contributed by atoms with Crippen molar-refractivity contribution in [2.75, 3.05) is 5.32 Å². The van der Waals surface area contributed by atoms with Gasteiger partial charge in [-0.05, 0) is 18.6 Å². The smallest absolute Gasteiger partial charge is 0.232 e. The Hall–Kier alpha value is -1.94. The number of benzene rings is 1. The van der Waals surface area contributed by atoms with Crippen LogP contribution in [-0.4, -0.2) is 11.7 Å². The summed E-state index contributed by atoms with van der Waals surface area (Å²) in [4.78, 5) is 24.1. The number of carbonyl (C=O) groups excluding carboxylic acids is 2. The highest BCUT2D eigenvalue weighted by Gasteiger charge is 2.25. The van der Waals surface area contributed by atoms with E-state index in [-0.39, 0.29) is 18.1 Å². The minimum atomic E-state index is -0.218. The van der Waals surface area contributed by atoms with E-state index in [4.69, 9.17) is 0 Å². The molecule has 1 aromatic heterocycles. The SMILES string of the molecule is Cc1ccc(-c2cc3c(s2)NC(=O)CC3=O)cc1. The van der Waals surface area contributed by atoms with E-state index in [1.54, 1.807) is 0 Å². The van der Waals surface area contributed by atoms with Gasteiger partial charge in [-0.25, -0.2) is 0 Å². The molecule has 0 saturated heterocycles.